The fourth-order valence-electron chi connectivity index (χ4n) is 7.89. The molecule has 1 aliphatic heterocycles. The number of rotatable bonds is 4. The number of hydrogen-bond donors (Lipinski definition) is 0. The van der Waals surface area contributed by atoms with Crippen molar-refractivity contribution in [2.24, 2.45) is 0 Å². The number of fused-ring (bicyclic) bond motifs is 9. The van der Waals surface area contributed by atoms with Gasteiger partial charge in [-0.1, -0.05) is 181 Å². The minimum absolute atomic E-state index is 0.490. The molecule has 0 saturated carbocycles. The fraction of sp³-hybridized carbons (Fsp3) is 0.0217. The van der Waals surface area contributed by atoms with Gasteiger partial charge in [0, 0.05) is 37.1 Å². The van der Waals surface area contributed by atoms with Crippen molar-refractivity contribution in [1.82, 2.24) is 15.0 Å². The molecule has 1 unspecified atom stereocenters. The molecule has 0 radical (unpaired) electrons. The Hall–Kier alpha value is -5.81. The predicted molar refractivity (Wildman–Crippen MR) is 208 cm³/mol. The third-order valence-corrected chi connectivity index (χ3v) is 11.6. The van der Waals surface area contributed by atoms with Crippen LogP contribution in [-0.2, 0) is 5.41 Å². The van der Waals surface area contributed by atoms with Crippen LogP contribution in [0.2, 0.25) is 5.02 Å². The molecule has 1 atom stereocenters. The largest absolute Gasteiger partial charge is 0.208 e. The number of halogens is 1. The van der Waals surface area contributed by atoms with E-state index in [1.54, 1.807) is 0 Å². The monoisotopic (exact) mass is 689 g/mol. The first-order chi connectivity index (χ1) is 25.2. The fourth-order valence-corrected chi connectivity index (χ4v) is 9.49. The summed E-state index contributed by atoms with van der Waals surface area (Å²) in [5.41, 5.74) is 12.1. The third kappa shape index (κ3) is 4.64. The molecule has 0 N–H and O–H groups in total. The molecule has 0 fully saturated rings. The molecule has 3 nitrogen and oxygen atoms in total. The SMILES string of the molecule is Clc1cccc2c1-c1ccccc1C21c2ccccc2Sc2c(-c3ccc(-c4nc(-c5ccccc5)nc(-c5ccccc5)n4)cc3)cccc21. The lowest BCUT2D eigenvalue weighted by Crippen LogP contribution is -2.32. The summed E-state index contributed by atoms with van der Waals surface area (Å²) in [7, 11) is 0. The zero-order valence-corrected chi connectivity index (χ0v) is 28.9. The first kappa shape index (κ1) is 30.1. The summed E-state index contributed by atoms with van der Waals surface area (Å²) in [4.78, 5) is 17.3. The number of aromatic nitrogens is 3. The van der Waals surface area contributed by atoms with Crippen LogP contribution in [0.25, 0.3) is 56.4 Å². The average molecular weight is 690 g/mol. The first-order valence-electron chi connectivity index (χ1n) is 17.0. The van der Waals surface area contributed by atoms with E-state index >= 15 is 0 Å². The quantitative estimate of drug-likeness (QED) is 0.184. The molecule has 2 heterocycles. The van der Waals surface area contributed by atoms with Gasteiger partial charge < -0.3 is 0 Å². The lowest BCUT2D eigenvalue weighted by molar-refractivity contribution is 0.723. The van der Waals surface area contributed by atoms with Gasteiger partial charge in [-0.3, -0.25) is 0 Å². The molecule has 1 spiro atoms. The van der Waals surface area contributed by atoms with Gasteiger partial charge in [-0.25, -0.2) is 15.0 Å². The second kappa shape index (κ2) is 11.9. The molecule has 10 rings (SSSR count). The van der Waals surface area contributed by atoms with Gasteiger partial charge in [0.05, 0.1) is 5.41 Å². The van der Waals surface area contributed by atoms with Crippen LogP contribution in [0.4, 0.5) is 0 Å². The van der Waals surface area contributed by atoms with Crippen LogP contribution < -0.4 is 0 Å². The van der Waals surface area contributed by atoms with E-state index < -0.39 is 5.41 Å². The molecule has 2 aliphatic rings. The van der Waals surface area contributed by atoms with Gasteiger partial charge >= 0.3 is 0 Å². The molecular weight excluding hydrogens is 662 g/mol. The highest BCUT2D eigenvalue weighted by atomic mass is 35.5. The van der Waals surface area contributed by atoms with Gasteiger partial charge in [0.1, 0.15) is 0 Å². The van der Waals surface area contributed by atoms with Gasteiger partial charge in [0.25, 0.3) is 0 Å². The van der Waals surface area contributed by atoms with E-state index in [-0.39, 0.29) is 0 Å². The first-order valence-corrected chi connectivity index (χ1v) is 18.2. The Morgan fingerprint density at radius 3 is 1.57 bits per heavy atom. The van der Waals surface area contributed by atoms with Crippen molar-refractivity contribution >= 4 is 23.4 Å². The van der Waals surface area contributed by atoms with Crippen molar-refractivity contribution in [3.8, 4) is 56.4 Å². The van der Waals surface area contributed by atoms with Crippen molar-refractivity contribution < 1.29 is 0 Å². The average Bonchev–Trinajstić information content (AvgIpc) is 3.50. The summed E-state index contributed by atoms with van der Waals surface area (Å²) in [6.45, 7) is 0. The van der Waals surface area contributed by atoms with E-state index in [2.05, 4.69) is 103 Å². The molecule has 51 heavy (non-hydrogen) atoms. The van der Waals surface area contributed by atoms with Gasteiger partial charge in [-0.15, -0.1) is 0 Å². The molecule has 0 bridgehead atoms. The van der Waals surface area contributed by atoms with Gasteiger partial charge in [-0.2, -0.15) is 0 Å². The minimum Gasteiger partial charge on any atom is -0.208 e. The Balaban J connectivity index is 1.13. The number of hydrogen-bond acceptors (Lipinski definition) is 4. The van der Waals surface area contributed by atoms with Crippen LogP contribution in [-0.4, -0.2) is 15.0 Å². The molecule has 1 aliphatic carbocycles. The zero-order chi connectivity index (χ0) is 33.9. The summed E-state index contributed by atoms with van der Waals surface area (Å²) in [5.74, 6) is 1.94. The molecule has 0 saturated heterocycles. The smallest absolute Gasteiger partial charge is 0.164 e. The van der Waals surface area contributed by atoms with Crippen molar-refractivity contribution in [2.75, 3.05) is 0 Å². The molecule has 8 aromatic rings. The molecule has 240 valence electrons. The van der Waals surface area contributed by atoms with Crippen molar-refractivity contribution in [3.05, 3.63) is 197 Å². The maximum atomic E-state index is 7.02. The summed E-state index contributed by atoms with van der Waals surface area (Å²) in [6.07, 6.45) is 0. The van der Waals surface area contributed by atoms with Crippen LogP contribution in [0.1, 0.15) is 22.3 Å². The van der Waals surface area contributed by atoms with E-state index in [1.165, 1.54) is 43.2 Å². The second-order valence-electron chi connectivity index (χ2n) is 12.9. The minimum atomic E-state index is -0.490. The number of nitrogens with zero attached hydrogens (tertiary/aromatic N) is 3. The standard InChI is InChI=1S/C46H28ClN3S/c47-39-23-12-21-37-41(39)34-17-7-8-19-35(34)46(37)36-20-9-10-24-40(36)51-42-33(18-11-22-38(42)46)29-25-27-32(28-26-29)45-49-43(30-13-3-1-4-14-30)48-44(50-45)31-15-5-2-6-16-31/h1-28H. The Kier molecular flexibility index (Phi) is 7.02. The van der Waals surface area contributed by atoms with E-state index in [9.17, 15) is 0 Å². The zero-order valence-electron chi connectivity index (χ0n) is 27.3. The highest BCUT2D eigenvalue weighted by Crippen LogP contribution is 2.64. The Bertz CT molecular complexity index is 2560. The molecule has 5 heteroatoms. The molecule has 1 aromatic heterocycles. The summed E-state index contributed by atoms with van der Waals surface area (Å²) >= 11 is 8.87. The lowest BCUT2D eigenvalue weighted by atomic mass is 9.67. The highest BCUT2D eigenvalue weighted by Gasteiger charge is 2.51. The van der Waals surface area contributed by atoms with Crippen LogP contribution in [0, 0.1) is 0 Å². The normalized spacial score (nSPS) is 15.2. The summed E-state index contributed by atoms with van der Waals surface area (Å²) in [5, 5.41) is 0.782. The van der Waals surface area contributed by atoms with E-state index in [0.717, 1.165) is 32.8 Å². The summed E-state index contributed by atoms with van der Waals surface area (Å²) < 4.78 is 0. The van der Waals surface area contributed by atoms with E-state index in [1.807, 2.05) is 78.5 Å². The Morgan fingerprint density at radius 2 is 0.882 bits per heavy atom. The number of benzene rings is 7. The van der Waals surface area contributed by atoms with Crippen LogP contribution in [0.3, 0.4) is 0 Å². The predicted octanol–water partition coefficient (Wildman–Crippen LogP) is 12.0. The van der Waals surface area contributed by atoms with Gasteiger partial charge in [0.2, 0.25) is 0 Å². The van der Waals surface area contributed by atoms with E-state index in [0.29, 0.717) is 17.5 Å². The topological polar surface area (TPSA) is 38.7 Å². The van der Waals surface area contributed by atoms with Gasteiger partial charge in [0.15, 0.2) is 17.5 Å². The summed E-state index contributed by atoms with van der Waals surface area (Å²) in [6, 6.07) is 59.6. The Morgan fingerprint density at radius 1 is 0.392 bits per heavy atom. The third-order valence-electron chi connectivity index (χ3n) is 10.1. The van der Waals surface area contributed by atoms with E-state index in [4.69, 9.17) is 26.6 Å². The second-order valence-corrected chi connectivity index (χ2v) is 14.3. The van der Waals surface area contributed by atoms with Crippen molar-refractivity contribution in [3.63, 3.8) is 0 Å². The van der Waals surface area contributed by atoms with Crippen molar-refractivity contribution in [2.45, 2.75) is 15.2 Å². The van der Waals surface area contributed by atoms with Gasteiger partial charge in [-0.05, 0) is 51.1 Å². The van der Waals surface area contributed by atoms with Crippen LogP contribution in [0.15, 0.2) is 180 Å². The van der Waals surface area contributed by atoms with Crippen molar-refractivity contribution in [1.29, 1.82) is 0 Å². The molecule has 0 amide bonds. The molecular formula is C46H28ClN3S. The van der Waals surface area contributed by atoms with Crippen LogP contribution >= 0.6 is 23.4 Å². The lowest BCUT2D eigenvalue weighted by Gasteiger charge is -2.40. The molecule has 7 aromatic carbocycles. The Labute approximate surface area is 305 Å². The maximum Gasteiger partial charge on any atom is 0.164 e. The van der Waals surface area contributed by atoms with Crippen LogP contribution in [0.5, 0.6) is 0 Å². The highest BCUT2D eigenvalue weighted by molar-refractivity contribution is 7.99. The maximum absolute atomic E-state index is 7.02.